The Morgan fingerprint density at radius 1 is 0.897 bits per heavy atom. The van der Waals surface area contributed by atoms with Gasteiger partial charge in [-0.1, -0.05) is 19.1 Å². The van der Waals surface area contributed by atoms with Gasteiger partial charge in [-0.05, 0) is 68.5 Å². The van der Waals surface area contributed by atoms with Crippen LogP contribution in [0.15, 0.2) is 53.4 Å². The lowest BCUT2D eigenvalue weighted by Gasteiger charge is -2.16. The molecule has 0 bridgehead atoms. The van der Waals surface area contributed by atoms with Gasteiger partial charge in [0.05, 0.1) is 28.9 Å². The summed E-state index contributed by atoms with van der Waals surface area (Å²) < 4.78 is 11.1. The number of anilines is 1. The normalized spacial score (nSPS) is 14.2. The van der Waals surface area contributed by atoms with E-state index in [9.17, 15) is 9.59 Å². The molecular formula is C23H25NO4S. The summed E-state index contributed by atoms with van der Waals surface area (Å²) in [5, 5.41) is 0. The highest BCUT2D eigenvalue weighted by Crippen LogP contribution is 2.39. The zero-order chi connectivity index (χ0) is 21.0. The Hall–Kier alpha value is -2.73. The van der Waals surface area contributed by atoms with E-state index >= 15 is 0 Å². The van der Waals surface area contributed by atoms with Gasteiger partial charge in [0, 0.05) is 0 Å². The SMILES string of the molecule is CCOc1ccc(N2C(=O)C(SCC)=C(c3ccc(OC(C)C)cc3)C2=O)cc1. The first-order chi connectivity index (χ1) is 14.0. The van der Waals surface area contributed by atoms with Gasteiger partial charge in [-0.15, -0.1) is 11.8 Å². The summed E-state index contributed by atoms with van der Waals surface area (Å²) in [6.07, 6.45) is 0.0658. The average molecular weight is 412 g/mol. The first-order valence-corrected chi connectivity index (χ1v) is 10.7. The van der Waals surface area contributed by atoms with E-state index in [2.05, 4.69) is 0 Å². The minimum atomic E-state index is -0.312. The van der Waals surface area contributed by atoms with Crippen LogP contribution in [0.2, 0.25) is 0 Å². The van der Waals surface area contributed by atoms with Crippen molar-refractivity contribution >= 4 is 34.8 Å². The Balaban J connectivity index is 1.94. The molecule has 1 aliphatic rings. The molecule has 0 atom stereocenters. The molecule has 0 N–H and O–H groups in total. The molecule has 0 saturated carbocycles. The third-order valence-corrected chi connectivity index (χ3v) is 5.21. The van der Waals surface area contributed by atoms with Crippen LogP contribution in [-0.4, -0.2) is 30.3 Å². The van der Waals surface area contributed by atoms with Crippen molar-refractivity contribution in [2.75, 3.05) is 17.3 Å². The average Bonchev–Trinajstić information content (AvgIpc) is 2.93. The maximum Gasteiger partial charge on any atom is 0.272 e. The molecule has 2 aromatic carbocycles. The molecule has 6 heteroatoms. The van der Waals surface area contributed by atoms with Crippen molar-refractivity contribution in [1.29, 1.82) is 0 Å². The van der Waals surface area contributed by atoms with Gasteiger partial charge in [-0.2, -0.15) is 0 Å². The molecule has 0 unspecified atom stereocenters. The van der Waals surface area contributed by atoms with Crippen molar-refractivity contribution < 1.29 is 19.1 Å². The number of hydrogen-bond acceptors (Lipinski definition) is 5. The van der Waals surface area contributed by atoms with Crippen LogP contribution in [0.4, 0.5) is 5.69 Å². The lowest BCUT2D eigenvalue weighted by molar-refractivity contribution is -0.119. The minimum absolute atomic E-state index is 0.0658. The summed E-state index contributed by atoms with van der Waals surface area (Å²) >= 11 is 1.39. The van der Waals surface area contributed by atoms with Gasteiger partial charge in [-0.25, -0.2) is 4.90 Å². The molecule has 0 saturated heterocycles. The molecule has 0 aliphatic carbocycles. The molecule has 0 fully saturated rings. The number of benzene rings is 2. The van der Waals surface area contributed by atoms with Gasteiger partial charge in [0.25, 0.3) is 11.8 Å². The maximum atomic E-state index is 13.2. The summed E-state index contributed by atoms with van der Waals surface area (Å²) in [4.78, 5) is 28.0. The van der Waals surface area contributed by atoms with Crippen LogP contribution >= 0.6 is 11.8 Å². The summed E-state index contributed by atoms with van der Waals surface area (Å²) in [6, 6.07) is 14.3. The van der Waals surface area contributed by atoms with Crippen LogP contribution in [0.3, 0.4) is 0 Å². The Morgan fingerprint density at radius 3 is 2.07 bits per heavy atom. The number of nitrogens with zero attached hydrogens (tertiary/aromatic N) is 1. The highest BCUT2D eigenvalue weighted by molar-refractivity contribution is 8.04. The monoisotopic (exact) mass is 411 g/mol. The zero-order valence-corrected chi connectivity index (χ0v) is 17.9. The van der Waals surface area contributed by atoms with Crippen LogP contribution in [0.5, 0.6) is 11.5 Å². The molecule has 1 heterocycles. The second-order valence-electron chi connectivity index (χ2n) is 6.70. The first kappa shape index (κ1) is 21.0. The number of imide groups is 1. The van der Waals surface area contributed by atoms with E-state index in [4.69, 9.17) is 9.47 Å². The third-order valence-electron chi connectivity index (χ3n) is 4.25. The molecule has 0 spiro atoms. The van der Waals surface area contributed by atoms with Crippen LogP contribution in [0.1, 0.15) is 33.3 Å². The fraction of sp³-hybridized carbons (Fsp3) is 0.304. The van der Waals surface area contributed by atoms with Crippen LogP contribution in [0.25, 0.3) is 5.57 Å². The Kier molecular flexibility index (Phi) is 6.64. The standard InChI is InChI=1S/C23H25NO4S/c1-5-27-18-13-9-17(10-14-18)24-22(25)20(21(23(24)26)29-6-2)16-7-11-19(12-8-16)28-15(3)4/h7-15H,5-6H2,1-4H3. The number of carbonyl (C=O) groups is 2. The van der Waals surface area contributed by atoms with Gasteiger partial charge in [0.2, 0.25) is 0 Å². The quantitative estimate of drug-likeness (QED) is 0.578. The molecule has 0 radical (unpaired) electrons. The van der Waals surface area contributed by atoms with E-state index in [0.29, 0.717) is 39.8 Å². The second kappa shape index (κ2) is 9.18. The number of ether oxygens (including phenoxy) is 2. The number of thioether (sulfide) groups is 1. The molecule has 2 aromatic rings. The summed E-state index contributed by atoms with van der Waals surface area (Å²) in [7, 11) is 0. The summed E-state index contributed by atoms with van der Waals surface area (Å²) in [5.74, 6) is 1.53. The molecule has 0 aromatic heterocycles. The predicted octanol–water partition coefficient (Wildman–Crippen LogP) is 4.91. The van der Waals surface area contributed by atoms with Crippen molar-refractivity contribution in [2.24, 2.45) is 0 Å². The number of hydrogen-bond donors (Lipinski definition) is 0. The fourth-order valence-electron chi connectivity index (χ4n) is 3.11. The van der Waals surface area contributed by atoms with E-state index in [1.807, 2.05) is 52.0 Å². The number of amides is 2. The number of carbonyl (C=O) groups excluding carboxylic acids is 2. The Bertz CT molecular complexity index is 917. The predicted molar refractivity (Wildman–Crippen MR) is 117 cm³/mol. The van der Waals surface area contributed by atoms with E-state index in [0.717, 1.165) is 5.75 Å². The largest absolute Gasteiger partial charge is 0.494 e. The molecule has 5 nitrogen and oxygen atoms in total. The van der Waals surface area contributed by atoms with E-state index in [1.165, 1.54) is 16.7 Å². The highest BCUT2D eigenvalue weighted by Gasteiger charge is 2.39. The van der Waals surface area contributed by atoms with Crippen LogP contribution in [-0.2, 0) is 9.59 Å². The summed E-state index contributed by atoms with van der Waals surface area (Å²) in [6.45, 7) is 8.34. The molecule has 3 rings (SSSR count). The van der Waals surface area contributed by atoms with Crippen molar-refractivity contribution in [3.63, 3.8) is 0 Å². The molecular weight excluding hydrogens is 386 g/mol. The van der Waals surface area contributed by atoms with Gasteiger partial charge < -0.3 is 9.47 Å². The van der Waals surface area contributed by atoms with Crippen molar-refractivity contribution in [2.45, 2.75) is 33.8 Å². The van der Waals surface area contributed by atoms with Crippen LogP contribution in [0, 0.1) is 0 Å². The van der Waals surface area contributed by atoms with Crippen molar-refractivity contribution in [1.82, 2.24) is 0 Å². The van der Waals surface area contributed by atoms with Crippen molar-refractivity contribution in [3.05, 3.63) is 59.0 Å². The van der Waals surface area contributed by atoms with E-state index in [1.54, 1.807) is 24.3 Å². The van der Waals surface area contributed by atoms with Gasteiger partial charge in [-0.3, -0.25) is 9.59 Å². The molecule has 1 aliphatic heterocycles. The Labute approximate surface area is 175 Å². The molecule has 2 amide bonds. The third kappa shape index (κ3) is 4.48. The van der Waals surface area contributed by atoms with Gasteiger partial charge >= 0.3 is 0 Å². The highest BCUT2D eigenvalue weighted by atomic mass is 32.2. The first-order valence-electron chi connectivity index (χ1n) is 9.72. The van der Waals surface area contributed by atoms with Crippen molar-refractivity contribution in [3.8, 4) is 11.5 Å². The van der Waals surface area contributed by atoms with E-state index < -0.39 is 0 Å². The zero-order valence-electron chi connectivity index (χ0n) is 17.1. The summed E-state index contributed by atoms with van der Waals surface area (Å²) in [5.41, 5.74) is 1.68. The second-order valence-corrected chi connectivity index (χ2v) is 7.98. The van der Waals surface area contributed by atoms with E-state index in [-0.39, 0.29) is 17.9 Å². The lowest BCUT2D eigenvalue weighted by atomic mass is 10.1. The smallest absolute Gasteiger partial charge is 0.272 e. The topological polar surface area (TPSA) is 55.8 Å². The lowest BCUT2D eigenvalue weighted by Crippen LogP contribution is -2.31. The minimum Gasteiger partial charge on any atom is -0.494 e. The van der Waals surface area contributed by atoms with Crippen LogP contribution < -0.4 is 14.4 Å². The molecule has 152 valence electrons. The number of rotatable bonds is 8. The fourth-order valence-corrected chi connectivity index (χ4v) is 3.96. The molecule has 29 heavy (non-hydrogen) atoms. The van der Waals surface area contributed by atoms with Gasteiger partial charge in [0.1, 0.15) is 11.5 Å². The maximum absolute atomic E-state index is 13.2. The van der Waals surface area contributed by atoms with Gasteiger partial charge in [0.15, 0.2) is 0 Å². The Morgan fingerprint density at radius 2 is 1.52 bits per heavy atom.